The van der Waals surface area contributed by atoms with Crippen molar-refractivity contribution in [1.82, 2.24) is 4.98 Å². The van der Waals surface area contributed by atoms with E-state index in [-0.39, 0.29) is 6.08 Å². The summed E-state index contributed by atoms with van der Waals surface area (Å²) in [6.07, 6.45) is 14.6. The van der Waals surface area contributed by atoms with Gasteiger partial charge in [0.25, 0.3) is 0 Å². The maximum atomic E-state index is 11.9. The Morgan fingerprint density at radius 3 is 2.00 bits per heavy atom. The second-order valence-electron chi connectivity index (χ2n) is 7.10. The van der Waals surface area contributed by atoms with Crippen LogP contribution in [0.4, 0.5) is 0 Å². The number of nitrogens with zero attached hydrogens (tertiary/aromatic N) is 1. The third-order valence-corrected chi connectivity index (χ3v) is 4.79. The van der Waals surface area contributed by atoms with Gasteiger partial charge in [0, 0.05) is 6.61 Å². The molecule has 1 aromatic carbocycles. The van der Waals surface area contributed by atoms with Gasteiger partial charge in [-0.15, -0.1) is 0 Å². The molecule has 1 heterocycles. The Labute approximate surface area is 161 Å². The molecule has 2 rings (SSSR count). The van der Waals surface area contributed by atoms with Gasteiger partial charge in [0.15, 0.2) is 0 Å². The summed E-state index contributed by atoms with van der Waals surface area (Å²) in [4.78, 5) is 16.1. The molecule has 0 fully saturated rings. The minimum atomic E-state index is -0.399. The highest BCUT2D eigenvalue weighted by molar-refractivity contribution is 5.76. The summed E-state index contributed by atoms with van der Waals surface area (Å²) < 4.78 is 10.6. The molecular formula is C22H33NO4. The SMILES string of the molecule is O=c1oc(OCCCCCCCCCCCCCCO)nc2ccccc12. The van der Waals surface area contributed by atoms with Crippen LogP contribution in [0.15, 0.2) is 33.5 Å². The van der Waals surface area contributed by atoms with Crippen molar-refractivity contribution in [3.63, 3.8) is 0 Å². The quantitative estimate of drug-likeness (QED) is 0.431. The van der Waals surface area contributed by atoms with Crippen molar-refractivity contribution in [2.75, 3.05) is 13.2 Å². The van der Waals surface area contributed by atoms with Gasteiger partial charge in [-0.1, -0.05) is 76.3 Å². The second kappa shape index (κ2) is 13.3. The predicted octanol–water partition coefficient (Wildman–Crippen LogP) is 5.24. The molecule has 2 aromatic rings. The second-order valence-corrected chi connectivity index (χ2v) is 7.10. The van der Waals surface area contributed by atoms with Crippen molar-refractivity contribution in [2.45, 2.75) is 77.0 Å². The Morgan fingerprint density at radius 2 is 1.37 bits per heavy atom. The van der Waals surface area contributed by atoms with Crippen molar-refractivity contribution >= 4 is 10.9 Å². The molecular weight excluding hydrogens is 342 g/mol. The zero-order chi connectivity index (χ0) is 19.2. The number of hydrogen-bond acceptors (Lipinski definition) is 5. The van der Waals surface area contributed by atoms with Crippen LogP contribution in [0.5, 0.6) is 6.08 Å². The van der Waals surface area contributed by atoms with Crippen LogP contribution in [-0.4, -0.2) is 23.3 Å². The van der Waals surface area contributed by atoms with Crippen LogP contribution in [0.2, 0.25) is 0 Å². The van der Waals surface area contributed by atoms with Crippen molar-refractivity contribution in [2.24, 2.45) is 0 Å². The van der Waals surface area contributed by atoms with Gasteiger partial charge < -0.3 is 14.3 Å². The van der Waals surface area contributed by atoms with Crippen LogP contribution in [-0.2, 0) is 0 Å². The number of aliphatic hydroxyl groups excluding tert-OH is 1. The van der Waals surface area contributed by atoms with E-state index in [1.165, 1.54) is 51.4 Å². The van der Waals surface area contributed by atoms with E-state index in [1.807, 2.05) is 6.07 Å². The number of benzene rings is 1. The maximum Gasteiger partial charge on any atom is 0.397 e. The normalized spacial score (nSPS) is 11.1. The first-order valence-corrected chi connectivity index (χ1v) is 10.4. The van der Waals surface area contributed by atoms with Crippen LogP contribution in [0.3, 0.4) is 0 Å². The lowest BCUT2D eigenvalue weighted by Gasteiger charge is -2.05. The van der Waals surface area contributed by atoms with E-state index >= 15 is 0 Å². The van der Waals surface area contributed by atoms with E-state index in [0.29, 0.717) is 24.1 Å². The fourth-order valence-corrected chi connectivity index (χ4v) is 3.20. The summed E-state index contributed by atoms with van der Waals surface area (Å²) in [7, 11) is 0. The Bertz CT molecular complexity index is 698. The van der Waals surface area contributed by atoms with Crippen LogP contribution in [0.1, 0.15) is 77.0 Å². The highest BCUT2D eigenvalue weighted by Gasteiger charge is 2.06. The largest absolute Gasteiger partial charge is 0.450 e. The smallest absolute Gasteiger partial charge is 0.397 e. The number of fused-ring (bicyclic) bond motifs is 1. The van der Waals surface area contributed by atoms with E-state index in [2.05, 4.69) is 4.98 Å². The number of rotatable bonds is 15. The lowest BCUT2D eigenvalue weighted by atomic mass is 10.1. The van der Waals surface area contributed by atoms with E-state index < -0.39 is 5.63 Å². The summed E-state index contributed by atoms with van der Waals surface area (Å²) in [5.74, 6) is 0. The third-order valence-electron chi connectivity index (χ3n) is 4.79. The average molecular weight is 376 g/mol. The minimum Gasteiger partial charge on any atom is -0.450 e. The van der Waals surface area contributed by atoms with Gasteiger partial charge >= 0.3 is 11.7 Å². The highest BCUT2D eigenvalue weighted by Crippen LogP contribution is 2.14. The zero-order valence-electron chi connectivity index (χ0n) is 16.3. The van der Waals surface area contributed by atoms with Crippen molar-refractivity contribution in [1.29, 1.82) is 0 Å². The van der Waals surface area contributed by atoms with Crippen LogP contribution in [0, 0.1) is 0 Å². The molecule has 0 saturated heterocycles. The van der Waals surface area contributed by atoms with Gasteiger partial charge in [-0.25, -0.2) is 4.79 Å². The van der Waals surface area contributed by atoms with Crippen LogP contribution in [0.25, 0.3) is 10.9 Å². The molecule has 0 spiro atoms. The molecule has 0 atom stereocenters. The van der Waals surface area contributed by atoms with Gasteiger partial charge in [0.2, 0.25) is 0 Å². The predicted molar refractivity (Wildman–Crippen MR) is 108 cm³/mol. The average Bonchev–Trinajstić information content (AvgIpc) is 2.68. The number of hydrogen-bond donors (Lipinski definition) is 1. The van der Waals surface area contributed by atoms with Gasteiger partial charge in [0.1, 0.15) is 0 Å². The van der Waals surface area contributed by atoms with E-state index in [4.69, 9.17) is 14.3 Å². The number of aliphatic hydroxyl groups is 1. The molecule has 0 aliphatic rings. The third kappa shape index (κ3) is 8.57. The molecule has 0 saturated carbocycles. The Hall–Kier alpha value is -1.88. The Balaban J connectivity index is 1.46. The Morgan fingerprint density at radius 1 is 0.815 bits per heavy atom. The monoisotopic (exact) mass is 375 g/mol. The molecule has 0 amide bonds. The van der Waals surface area contributed by atoms with Crippen molar-refractivity contribution in [3.8, 4) is 6.08 Å². The zero-order valence-corrected chi connectivity index (χ0v) is 16.3. The van der Waals surface area contributed by atoms with E-state index in [0.717, 1.165) is 25.7 Å². The molecule has 27 heavy (non-hydrogen) atoms. The fourth-order valence-electron chi connectivity index (χ4n) is 3.20. The summed E-state index contributed by atoms with van der Waals surface area (Å²) >= 11 is 0. The minimum absolute atomic E-state index is 0.0673. The number of aromatic nitrogens is 1. The molecule has 0 unspecified atom stereocenters. The van der Waals surface area contributed by atoms with Gasteiger partial charge in [-0.3, -0.25) is 0 Å². The van der Waals surface area contributed by atoms with Crippen molar-refractivity contribution < 1.29 is 14.3 Å². The van der Waals surface area contributed by atoms with E-state index in [9.17, 15) is 4.79 Å². The fraction of sp³-hybridized carbons (Fsp3) is 0.636. The van der Waals surface area contributed by atoms with Gasteiger partial charge in [0.05, 0.1) is 17.5 Å². The van der Waals surface area contributed by atoms with Crippen LogP contribution < -0.4 is 10.4 Å². The van der Waals surface area contributed by atoms with Crippen molar-refractivity contribution in [3.05, 3.63) is 34.7 Å². The molecule has 1 N–H and O–H groups in total. The summed E-state index contributed by atoms with van der Waals surface area (Å²) in [5, 5.41) is 9.20. The van der Waals surface area contributed by atoms with Gasteiger partial charge in [-0.05, 0) is 25.0 Å². The number of para-hydroxylation sites is 1. The summed E-state index contributed by atoms with van der Waals surface area (Å²) in [6.45, 7) is 0.861. The standard InChI is InChI=1S/C22H33NO4/c24-17-13-9-7-5-3-1-2-4-6-8-10-14-18-26-22-23-20-16-12-11-15-19(20)21(25)27-22/h11-12,15-16,24H,1-10,13-14,17-18H2. The van der Waals surface area contributed by atoms with Crippen LogP contribution >= 0.6 is 0 Å². The first-order chi connectivity index (χ1) is 13.3. The Kier molecular flexibility index (Phi) is 10.6. The number of ether oxygens (including phenoxy) is 1. The van der Waals surface area contributed by atoms with E-state index in [1.54, 1.807) is 18.2 Å². The highest BCUT2D eigenvalue weighted by atomic mass is 16.6. The molecule has 0 bridgehead atoms. The molecule has 0 aliphatic carbocycles. The lowest BCUT2D eigenvalue weighted by molar-refractivity contribution is 0.211. The number of unbranched alkanes of at least 4 members (excludes halogenated alkanes) is 11. The molecule has 0 aliphatic heterocycles. The molecule has 150 valence electrons. The lowest BCUT2D eigenvalue weighted by Crippen LogP contribution is -2.06. The summed E-state index contributed by atoms with van der Waals surface area (Å²) in [6, 6.07) is 7.13. The maximum absolute atomic E-state index is 11.9. The summed E-state index contributed by atoms with van der Waals surface area (Å²) in [5.41, 5.74) is 0.209. The first-order valence-electron chi connectivity index (χ1n) is 10.4. The molecule has 5 nitrogen and oxygen atoms in total. The molecule has 0 radical (unpaired) electrons. The topological polar surface area (TPSA) is 72.6 Å². The van der Waals surface area contributed by atoms with Gasteiger partial charge in [-0.2, -0.15) is 4.98 Å². The first kappa shape index (κ1) is 21.4. The molecule has 1 aromatic heterocycles. The molecule has 5 heteroatoms.